The smallest absolute Gasteiger partial charge is 0.230 e. The molecule has 1 N–H and O–H groups in total. The Labute approximate surface area is 189 Å². The Morgan fingerprint density at radius 3 is 2.73 bits per heavy atom. The molecule has 3 rings (SSSR count). The van der Waals surface area contributed by atoms with Crippen LogP contribution in [0.1, 0.15) is 12.0 Å². The fourth-order valence-corrected chi connectivity index (χ4v) is 4.13. The molecule has 0 aliphatic rings. The van der Waals surface area contributed by atoms with E-state index in [1.807, 2.05) is 41.8 Å². The van der Waals surface area contributed by atoms with Crippen LogP contribution >= 0.6 is 35.0 Å². The molecule has 0 atom stereocenters. The van der Waals surface area contributed by atoms with Crippen molar-refractivity contribution in [1.29, 1.82) is 0 Å². The molecule has 1 heterocycles. The lowest BCUT2D eigenvalue weighted by Crippen LogP contribution is -2.27. The highest BCUT2D eigenvalue weighted by Crippen LogP contribution is 2.34. The van der Waals surface area contributed by atoms with E-state index in [1.54, 1.807) is 19.2 Å². The molecule has 0 fully saturated rings. The van der Waals surface area contributed by atoms with E-state index < -0.39 is 0 Å². The van der Waals surface area contributed by atoms with Gasteiger partial charge in [0.05, 0.1) is 16.5 Å². The van der Waals surface area contributed by atoms with Gasteiger partial charge < -0.3 is 10.1 Å². The minimum absolute atomic E-state index is 0.0680. The molecule has 0 saturated carbocycles. The number of thioether (sulfide) groups is 1. The van der Waals surface area contributed by atoms with Crippen molar-refractivity contribution in [2.24, 2.45) is 0 Å². The number of ether oxygens (including phenoxy) is 1. The number of aryl methyl sites for hydroxylation is 1. The van der Waals surface area contributed by atoms with E-state index >= 15 is 0 Å². The van der Waals surface area contributed by atoms with Gasteiger partial charge in [-0.15, -0.1) is 10.2 Å². The van der Waals surface area contributed by atoms with Gasteiger partial charge in [0.25, 0.3) is 0 Å². The summed E-state index contributed by atoms with van der Waals surface area (Å²) in [4.78, 5) is 12.2. The molecule has 30 heavy (non-hydrogen) atoms. The molecular weight excluding hydrogens is 443 g/mol. The molecule has 0 bridgehead atoms. The number of para-hydroxylation sites is 1. The number of hydrogen-bond acceptors (Lipinski definition) is 5. The third-order valence-corrected chi connectivity index (χ3v) is 5.82. The minimum atomic E-state index is -0.0680. The SMILES string of the molecule is COCCCNC(=O)CSc1nnc(-c2ccc(Cl)cc2Cl)n1-c1ccccc1C. The average Bonchev–Trinajstić information content (AvgIpc) is 3.13. The van der Waals surface area contributed by atoms with Gasteiger partial charge in [0.2, 0.25) is 5.91 Å². The summed E-state index contributed by atoms with van der Waals surface area (Å²) < 4.78 is 6.92. The van der Waals surface area contributed by atoms with Crippen LogP contribution in [0.5, 0.6) is 0 Å². The maximum atomic E-state index is 12.2. The summed E-state index contributed by atoms with van der Waals surface area (Å²) in [6.45, 7) is 3.20. The molecule has 0 aliphatic carbocycles. The van der Waals surface area contributed by atoms with E-state index in [0.29, 0.717) is 39.7 Å². The van der Waals surface area contributed by atoms with E-state index in [0.717, 1.165) is 17.7 Å². The number of halogens is 2. The molecule has 9 heteroatoms. The maximum Gasteiger partial charge on any atom is 0.230 e. The molecule has 0 aliphatic heterocycles. The van der Waals surface area contributed by atoms with Crippen LogP contribution < -0.4 is 5.32 Å². The van der Waals surface area contributed by atoms with E-state index in [2.05, 4.69) is 15.5 Å². The summed E-state index contributed by atoms with van der Waals surface area (Å²) in [7, 11) is 1.64. The minimum Gasteiger partial charge on any atom is -0.385 e. The first kappa shape index (κ1) is 22.6. The molecule has 158 valence electrons. The summed E-state index contributed by atoms with van der Waals surface area (Å²) >= 11 is 13.8. The number of carbonyl (C=O) groups is 1. The van der Waals surface area contributed by atoms with Crippen molar-refractivity contribution in [1.82, 2.24) is 20.1 Å². The molecule has 0 saturated heterocycles. The lowest BCUT2D eigenvalue weighted by molar-refractivity contribution is -0.118. The maximum absolute atomic E-state index is 12.2. The number of nitrogens with zero attached hydrogens (tertiary/aromatic N) is 3. The molecular formula is C21H22Cl2N4O2S. The number of amides is 1. The van der Waals surface area contributed by atoms with Crippen LogP contribution in [0.3, 0.4) is 0 Å². The highest BCUT2D eigenvalue weighted by Gasteiger charge is 2.20. The molecule has 6 nitrogen and oxygen atoms in total. The highest BCUT2D eigenvalue weighted by atomic mass is 35.5. The predicted octanol–water partition coefficient (Wildman–Crippen LogP) is 4.79. The third kappa shape index (κ3) is 5.55. The number of aromatic nitrogens is 3. The summed E-state index contributed by atoms with van der Waals surface area (Å²) in [5.74, 6) is 0.751. The first-order chi connectivity index (χ1) is 14.5. The lowest BCUT2D eigenvalue weighted by atomic mass is 10.1. The van der Waals surface area contributed by atoms with Gasteiger partial charge in [-0.3, -0.25) is 9.36 Å². The van der Waals surface area contributed by atoms with Crippen LogP contribution in [-0.2, 0) is 9.53 Å². The largest absolute Gasteiger partial charge is 0.385 e. The van der Waals surface area contributed by atoms with Gasteiger partial charge in [0.1, 0.15) is 0 Å². The molecule has 0 spiro atoms. The van der Waals surface area contributed by atoms with Crippen molar-refractivity contribution in [3.8, 4) is 17.1 Å². The fourth-order valence-electron chi connectivity index (χ4n) is 2.87. The Morgan fingerprint density at radius 1 is 1.20 bits per heavy atom. The first-order valence-corrected chi connectivity index (χ1v) is 11.1. The summed E-state index contributed by atoms with van der Waals surface area (Å²) in [5, 5.41) is 13.2. The molecule has 1 amide bonds. The zero-order chi connectivity index (χ0) is 21.5. The molecule has 1 aromatic heterocycles. The lowest BCUT2D eigenvalue weighted by Gasteiger charge is -2.13. The normalized spacial score (nSPS) is 10.9. The van der Waals surface area contributed by atoms with Crippen molar-refractivity contribution < 1.29 is 9.53 Å². The van der Waals surface area contributed by atoms with Crippen molar-refractivity contribution in [2.75, 3.05) is 26.0 Å². The summed E-state index contributed by atoms with van der Waals surface area (Å²) in [6, 6.07) is 13.2. The highest BCUT2D eigenvalue weighted by molar-refractivity contribution is 7.99. The van der Waals surface area contributed by atoms with Crippen molar-refractivity contribution in [2.45, 2.75) is 18.5 Å². The monoisotopic (exact) mass is 464 g/mol. The zero-order valence-electron chi connectivity index (χ0n) is 16.7. The van der Waals surface area contributed by atoms with Gasteiger partial charge in [0.15, 0.2) is 11.0 Å². The Morgan fingerprint density at radius 2 is 2.00 bits per heavy atom. The molecule has 0 unspecified atom stereocenters. The number of methoxy groups -OCH3 is 1. The van der Waals surface area contributed by atoms with Crippen LogP contribution in [-0.4, -0.2) is 46.7 Å². The van der Waals surface area contributed by atoms with Crippen LogP contribution in [0.2, 0.25) is 10.0 Å². The van der Waals surface area contributed by atoms with Crippen LogP contribution in [0.4, 0.5) is 0 Å². The number of rotatable bonds is 9. The van der Waals surface area contributed by atoms with Crippen molar-refractivity contribution in [3.05, 3.63) is 58.1 Å². The quantitative estimate of drug-likeness (QED) is 0.363. The van der Waals surface area contributed by atoms with Gasteiger partial charge >= 0.3 is 0 Å². The van der Waals surface area contributed by atoms with Crippen LogP contribution in [0.15, 0.2) is 47.6 Å². The van der Waals surface area contributed by atoms with Crippen LogP contribution in [0.25, 0.3) is 17.1 Å². The van der Waals surface area contributed by atoms with Gasteiger partial charge in [-0.05, 0) is 43.2 Å². The van der Waals surface area contributed by atoms with Gasteiger partial charge in [-0.2, -0.15) is 0 Å². The third-order valence-electron chi connectivity index (χ3n) is 4.34. The number of hydrogen-bond donors (Lipinski definition) is 1. The molecule has 2 aromatic carbocycles. The number of carbonyl (C=O) groups excluding carboxylic acids is 1. The van der Waals surface area contributed by atoms with Gasteiger partial charge in [0, 0.05) is 30.8 Å². The standard InChI is InChI=1S/C21H22Cl2N4O2S/c1-14-6-3-4-7-18(14)27-20(16-9-8-15(22)12-17(16)23)25-26-21(27)30-13-19(28)24-10-5-11-29-2/h3-4,6-9,12H,5,10-11,13H2,1-2H3,(H,24,28). The van der Waals surface area contributed by atoms with Crippen LogP contribution in [0, 0.1) is 6.92 Å². The van der Waals surface area contributed by atoms with Crippen molar-refractivity contribution >= 4 is 40.9 Å². The Balaban J connectivity index is 1.90. The summed E-state index contributed by atoms with van der Waals surface area (Å²) in [5.41, 5.74) is 2.69. The van der Waals surface area contributed by atoms with Crippen molar-refractivity contribution in [3.63, 3.8) is 0 Å². The number of nitrogens with one attached hydrogen (secondary N) is 1. The van der Waals surface area contributed by atoms with E-state index in [4.69, 9.17) is 27.9 Å². The van der Waals surface area contributed by atoms with E-state index in [9.17, 15) is 4.79 Å². The van der Waals surface area contributed by atoms with Gasteiger partial charge in [-0.25, -0.2) is 0 Å². The average molecular weight is 465 g/mol. The zero-order valence-corrected chi connectivity index (χ0v) is 19.0. The second-order valence-corrected chi connectivity index (χ2v) is 8.32. The first-order valence-electron chi connectivity index (χ1n) is 9.36. The van der Waals surface area contributed by atoms with Gasteiger partial charge in [-0.1, -0.05) is 53.2 Å². The van der Waals surface area contributed by atoms with E-state index in [1.165, 1.54) is 11.8 Å². The predicted molar refractivity (Wildman–Crippen MR) is 122 cm³/mol. The molecule has 0 radical (unpaired) electrons. The molecule has 3 aromatic rings. The second kappa shape index (κ2) is 10.8. The fraction of sp³-hybridized carbons (Fsp3) is 0.286. The topological polar surface area (TPSA) is 69.0 Å². The Hall–Kier alpha value is -2.06. The van der Waals surface area contributed by atoms with E-state index in [-0.39, 0.29) is 11.7 Å². The second-order valence-electron chi connectivity index (χ2n) is 6.54. The number of benzene rings is 2. The summed E-state index contributed by atoms with van der Waals surface area (Å²) in [6.07, 6.45) is 0.769. The Kier molecular flexibility index (Phi) is 8.16. The Bertz CT molecular complexity index is 1030.